The number of benzene rings is 1. The predicted octanol–water partition coefficient (Wildman–Crippen LogP) is 2.88. The van der Waals surface area contributed by atoms with Crippen LogP contribution in [0.2, 0.25) is 0 Å². The van der Waals surface area contributed by atoms with Crippen LogP contribution in [-0.4, -0.2) is 87.9 Å². The Kier molecular flexibility index (Phi) is 13.1. The molecular weight excluding hydrogens is 402 g/mol. The van der Waals surface area contributed by atoms with E-state index in [1.54, 1.807) is 0 Å². The molecule has 1 fully saturated rings. The molecule has 1 aliphatic heterocycles. The van der Waals surface area contributed by atoms with Gasteiger partial charge >= 0.3 is 0 Å². The van der Waals surface area contributed by atoms with Crippen molar-refractivity contribution in [1.29, 1.82) is 0 Å². The molecule has 7 nitrogen and oxygen atoms in total. The zero-order chi connectivity index (χ0) is 23.0. The van der Waals surface area contributed by atoms with E-state index in [0.717, 1.165) is 36.8 Å². The van der Waals surface area contributed by atoms with Gasteiger partial charge in [0.25, 0.3) is 0 Å². The minimum absolute atomic E-state index is 0.555. The van der Waals surface area contributed by atoms with Crippen molar-refractivity contribution in [3.8, 4) is 5.75 Å². The molecule has 2 N–H and O–H groups in total. The molecule has 2 rings (SSSR count). The molecule has 1 aromatic rings. The molecule has 0 radical (unpaired) electrons. The van der Waals surface area contributed by atoms with Gasteiger partial charge in [-0.05, 0) is 58.3 Å². The van der Waals surface area contributed by atoms with E-state index in [9.17, 15) is 0 Å². The molecule has 0 aromatic heterocycles. The third-order valence-electron chi connectivity index (χ3n) is 5.77. The second-order valence-corrected chi connectivity index (χ2v) is 8.26. The Labute approximate surface area is 195 Å². The van der Waals surface area contributed by atoms with Crippen LogP contribution in [0.25, 0.3) is 0 Å². The number of piperazine rings is 1. The lowest BCUT2D eigenvalue weighted by atomic mass is 10.1. The van der Waals surface area contributed by atoms with Gasteiger partial charge < -0.3 is 29.9 Å². The molecule has 32 heavy (non-hydrogen) atoms. The van der Waals surface area contributed by atoms with Gasteiger partial charge in [-0.2, -0.15) is 0 Å². The van der Waals surface area contributed by atoms with E-state index in [0.29, 0.717) is 26.4 Å². The fraction of sp³-hybridized carbons (Fsp3) is 0.720. The zero-order valence-electron chi connectivity index (χ0n) is 20.8. The molecule has 0 saturated carbocycles. The van der Waals surface area contributed by atoms with Gasteiger partial charge in [0.2, 0.25) is 0 Å². The van der Waals surface area contributed by atoms with E-state index >= 15 is 0 Å². The number of hydrogen-bond donors (Lipinski definition) is 2. The lowest BCUT2D eigenvalue weighted by Gasteiger charge is -2.34. The Balaban J connectivity index is 1.76. The highest BCUT2D eigenvalue weighted by atomic mass is 16.5. The third-order valence-corrected chi connectivity index (χ3v) is 5.77. The van der Waals surface area contributed by atoms with Crippen LogP contribution in [0.1, 0.15) is 44.7 Å². The standard InChI is InChI=1S/C25H45N5O2/c1-5-26-25(27-12-8-9-13-30-16-14-29(6-2)15-17-30)28-21-23-11-10-22(4)20-24(23)32-19-18-31-7-3/h10-11,20H,5-9,12-19,21H2,1-4H3,(H2,26,27,28). The van der Waals surface area contributed by atoms with Gasteiger partial charge in [0.05, 0.1) is 13.2 Å². The van der Waals surface area contributed by atoms with Crippen molar-refractivity contribution in [2.45, 2.75) is 47.1 Å². The highest BCUT2D eigenvalue weighted by Crippen LogP contribution is 2.21. The number of nitrogens with zero attached hydrogens (tertiary/aromatic N) is 3. The average Bonchev–Trinajstić information content (AvgIpc) is 2.81. The predicted molar refractivity (Wildman–Crippen MR) is 134 cm³/mol. The normalized spacial score (nSPS) is 15.7. The number of rotatable bonds is 14. The van der Waals surface area contributed by atoms with Crippen LogP contribution in [0.5, 0.6) is 5.75 Å². The molecule has 0 aliphatic carbocycles. The maximum Gasteiger partial charge on any atom is 0.191 e. The van der Waals surface area contributed by atoms with E-state index in [1.807, 2.05) is 6.92 Å². The highest BCUT2D eigenvalue weighted by Gasteiger charge is 2.14. The summed E-state index contributed by atoms with van der Waals surface area (Å²) in [4.78, 5) is 9.91. The first-order valence-corrected chi connectivity index (χ1v) is 12.4. The van der Waals surface area contributed by atoms with Crippen LogP contribution >= 0.6 is 0 Å². The Morgan fingerprint density at radius 1 is 1.00 bits per heavy atom. The Morgan fingerprint density at radius 3 is 2.50 bits per heavy atom. The van der Waals surface area contributed by atoms with Crippen molar-refractivity contribution in [3.63, 3.8) is 0 Å². The van der Waals surface area contributed by atoms with Crippen molar-refractivity contribution in [1.82, 2.24) is 20.4 Å². The maximum atomic E-state index is 5.95. The van der Waals surface area contributed by atoms with Crippen LogP contribution < -0.4 is 15.4 Å². The molecule has 0 spiro atoms. The van der Waals surface area contributed by atoms with Crippen LogP contribution in [0.15, 0.2) is 23.2 Å². The van der Waals surface area contributed by atoms with Crippen LogP contribution in [-0.2, 0) is 11.3 Å². The Bertz CT molecular complexity index is 660. The minimum Gasteiger partial charge on any atom is -0.491 e. The smallest absolute Gasteiger partial charge is 0.191 e. The molecule has 1 heterocycles. The number of aliphatic imine (C=N–C) groups is 1. The topological polar surface area (TPSA) is 61.4 Å². The van der Waals surface area contributed by atoms with Gasteiger partial charge in [0.15, 0.2) is 5.96 Å². The Morgan fingerprint density at radius 2 is 1.78 bits per heavy atom. The molecule has 182 valence electrons. The number of ether oxygens (including phenoxy) is 2. The van der Waals surface area contributed by atoms with E-state index in [-0.39, 0.29) is 0 Å². The first kappa shape index (κ1) is 26.4. The summed E-state index contributed by atoms with van der Waals surface area (Å²) in [7, 11) is 0. The minimum atomic E-state index is 0.555. The monoisotopic (exact) mass is 447 g/mol. The maximum absolute atomic E-state index is 5.95. The van der Waals surface area contributed by atoms with E-state index in [2.05, 4.69) is 59.4 Å². The summed E-state index contributed by atoms with van der Waals surface area (Å²) >= 11 is 0. The van der Waals surface area contributed by atoms with Gasteiger partial charge in [-0.3, -0.25) is 0 Å². The summed E-state index contributed by atoms with van der Waals surface area (Å²) < 4.78 is 11.3. The van der Waals surface area contributed by atoms with Crippen molar-refractivity contribution >= 4 is 5.96 Å². The molecule has 0 unspecified atom stereocenters. The molecule has 1 saturated heterocycles. The second-order valence-electron chi connectivity index (χ2n) is 8.26. The molecule has 0 atom stereocenters. The van der Waals surface area contributed by atoms with Crippen LogP contribution in [0, 0.1) is 6.92 Å². The second kappa shape index (κ2) is 15.9. The quantitative estimate of drug-likeness (QED) is 0.260. The average molecular weight is 448 g/mol. The largest absolute Gasteiger partial charge is 0.491 e. The number of unbranched alkanes of at least 4 members (excludes halogenated alkanes) is 1. The fourth-order valence-corrected chi connectivity index (χ4v) is 3.78. The van der Waals surface area contributed by atoms with E-state index < -0.39 is 0 Å². The summed E-state index contributed by atoms with van der Waals surface area (Å²) in [6, 6.07) is 6.30. The van der Waals surface area contributed by atoms with Gasteiger partial charge in [-0.25, -0.2) is 4.99 Å². The summed E-state index contributed by atoms with van der Waals surface area (Å²) in [6.45, 7) is 19.9. The highest BCUT2D eigenvalue weighted by molar-refractivity contribution is 5.79. The number of hydrogen-bond acceptors (Lipinski definition) is 5. The molecule has 1 aromatic carbocycles. The SMILES string of the molecule is CCNC(=NCc1ccc(C)cc1OCCOCC)NCCCCN1CCN(CC)CC1. The van der Waals surface area contributed by atoms with Gasteiger partial charge in [0, 0.05) is 51.4 Å². The fourth-order valence-electron chi connectivity index (χ4n) is 3.78. The zero-order valence-corrected chi connectivity index (χ0v) is 20.8. The number of aryl methyl sites for hydroxylation is 1. The summed E-state index contributed by atoms with van der Waals surface area (Å²) in [6.07, 6.45) is 2.36. The molecule has 0 bridgehead atoms. The third kappa shape index (κ3) is 10.2. The molecular formula is C25H45N5O2. The lowest BCUT2D eigenvalue weighted by molar-refractivity contribution is 0.110. The lowest BCUT2D eigenvalue weighted by Crippen LogP contribution is -2.46. The van der Waals surface area contributed by atoms with Crippen molar-refractivity contribution in [2.24, 2.45) is 4.99 Å². The van der Waals surface area contributed by atoms with Gasteiger partial charge in [-0.1, -0.05) is 19.1 Å². The molecule has 0 amide bonds. The number of nitrogens with one attached hydrogen (secondary N) is 2. The summed E-state index contributed by atoms with van der Waals surface area (Å²) in [5.41, 5.74) is 2.28. The van der Waals surface area contributed by atoms with Gasteiger partial charge in [0.1, 0.15) is 12.4 Å². The first-order valence-electron chi connectivity index (χ1n) is 12.4. The van der Waals surface area contributed by atoms with Gasteiger partial charge in [-0.15, -0.1) is 0 Å². The van der Waals surface area contributed by atoms with Crippen LogP contribution in [0.3, 0.4) is 0 Å². The van der Waals surface area contributed by atoms with E-state index in [1.165, 1.54) is 51.3 Å². The van der Waals surface area contributed by atoms with Crippen LogP contribution in [0.4, 0.5) is 0 Å². The Hall–Kier alpha value is -1.83. The van der Waals surface area contributed by atoms with Crippen molar-refractivity contribution < 1.29 is 9.47 Å². The molecule has 7 heteroatoms. The number of likely N-dealkylation sites (N-methyl/N-ethyl adjacent to an activating group) is 1. The summed E-state index contributed by atoms with van der Waals surface area (Å²) in [5, 5.41) is 6.84. The molecule has 1 aliphatic rings. The summed E-state index contributed by atoms with van der Waals surface area (Å²) in [5.74, 6) is 1.76. The van der Waals surface area contributed by atoms with Crippen molar-refractivity contribution in [3.05, 3.63) is 29.3 Å². The van der Waals surface area contributed by atoms with Crippen molar-refractivity contribution in [2.75, 3.05) is 72.2 Å². The van der Waals surface area contributed by atoms with E-state index in [4.69, 9.17) is 14.5 Å². The number of guanidine groups is 1. The first-order chi connectivity index (χ1) is 15.7.